The molecule has 0 aliphatic carbocycles. The van der Waals surface area contributed by atoms with Crippen molar-refractivity contribution in [2.75, 3.05) is 5.73 Å². The Morgan fingerprint density at radius 2 is 1.07 bits per heavy atom. The molecule has 0 aliphatic heterocycles. The first kappa shape index (κ1) is 26.7. The summed E-state index contributed by atoms with van der Waals surface area (Å²) in [4.78, 5) is 10.9. The number of anilines is 1. The summed E-state index contributed by atoms with van der Waals surface area (Å²) in [6, 6.07) is 3.48. The molecule has 0 heterocycles. The SMILES string of the molecule is CCCCCCCCCCCCCCCCCCCCc1cc(N)cc(C(=O)F)c1. The summed E-state index contributed by atoms with van der Waals surface area (Å²) in [5, 5.41) is 0. The van der Waals surface area contributed by atoms with Gasteiger partial charge in [0.1, 0.15) is 0 Å². The molecule has 0 aromatic heterocycles. The maximum absolute atomic E-state index is 12.9. The van der Waals surface area contributed by atoms with E-state index in [1.54, 1.807) is 6.07 Å². The highest BCUT2D eigenvalue weighted by Gasteiger charge is 2.06. The van der Waals surface area contributed by atoms with Crippen molar-refractivity contribution in [1.29, 1.82) is 0 Å². The number of aryl methyl sites for hydroxylation is 1. The van der Waals surface area contributed by atoms with Crippen LogP contribution in [0.2, 0.25) is 0 Å². The van der Waals surface area contributed by atoms with E-state index in [1.807, 2.05) is 6.07 Å². The van der Waals surface area contributed by atoms with Crippen molar-refractivity contribution < 1.29 is 9.18 Å². The number of nitrogen functional groups attached to an aromatic ring is 1. The predicted octanol–water partition coefficient (Wildman–Crippen LogP) is 8.96. The van der Waals surface area contributed by atoms with Crippen molar-refractivity contribution >= 4 is 11.7 Å². The molecule has 0 amide bonds. The van der Waals surface area contributed by atoms with Crippen molar-refractivity contribution in [2.24, 2.45) is 0 Å². The first-order valence-corrected chi connectivity index (χ1v) is 12.7. The maximum Gasteiger partial charge on any atom is 0.332 e. The van der Waals surface area contributed by atoms with Crippen LogP contribution in [0.15, 0.2) is 18.2 Å². The fraction of sp³-hybridized carbons (Fsp3) is 0.741. The van der Waals surface area contributed by atoms with Gasteiger partial charge in [0, 0.05) is 5.69 Å². The largest absolute Gasteiger partial charge is 0.399 e. The average molecular weight is 420 g/mol. The Morgan fingerprint density at radius 3 is 1.47 bits per heavy atom. The molecule has 0 aliphatic rings. The summed E-state index contributed by atoms with van der Waals surface area (Å²) in [5.41, 5.74) is 7.26. The predicted molar refractivity (Wildman–Crippen MR) is 129 cm³/mol. The van der Waals surface area contributed by atoms with E-state index >= 15 is 0 Å². The Labute approximate surface area is 185 Å². The smallest absolute Gasteiger partial charge is 0.332 e. The van der Waals surface area contributed by atoms with E-state index in [0.717, 1.165) is 18.4 Å². The second-order valence-electron chi connectivity index (χ2n) is 9.00. The van der Waals surface area contributed by atoms with Gasteiger partial charge in [-0.1, -0.05) is 116 Å². The van der Waals surface area contributed by atoms with Crippen LogP contribution in [0.4, 0.5) is 10.1 Å². The topological polar surface area (TPSA) is 43.1 Å². The van der Waals surface area contributed by atoms with Crippen molar-refractivity contribution in [2.45, 2.75) is 129 Å². The molecule has 0 atom stereocenters. The third-order valence-electron chi connectivity index (χ3n) is 6.06. The van der Waals surface area contributed by atoms with E-state index in [1.165, 1.54) is 115 Å². The van der Waals surface area contributed by atoms with Gasteiger partial charge in [-0.15, -0.1) is 0 Å². The zero-order chi connectivity index (χ0) is 21.9. The molecule has 0 saturated carbocycles. The lowest BCUT2D eigenvalue weighted by Gasteiger charge is -2.06. The van der Waals surface area contributed by atoms with Crippen LogP contribution in [0.5, 0.6) is 0 Å². The Hall–Kier alpha value is -1.38. The highest BCUT2D eigenvalue weighted by molar-refractivity contribution is 5.89. The summed E-state index contributed by atoms with van der Waals surface area (Å²) >= 11 is 0. The molecule has 172 valence electrons. The molecule has 0 bridgehead atoms. The van der Waals surface area contributed by atoms with Crippen molar-refractivity contribution in [1.82, 2.24) is 0 Å². The van der Waals surface area contributed by atoms with Gasteiger partial charge in [-0.25, -0.2) is 0 Å². The van der Waals surface area contributed by atoms with Gasteiger partial charge in [-0.2, -0.15) is 4.39 Å². The second kappa shape index (κ2) is 18.4. The van der Waals surface area contributed by atoms with Crippen molar-refractivity contribution in [3.8, 4) is 0 Å². The summed E-state index contributed by atoms with van der Waals surface area (Å²) in [6.45, 7) is 2.28. The average Bonchev–Trinajstić information content (AvgIpc) is 2.72. The number of halogens is 1. The minimum absolute atomic E-state index is 0.0763. The molecule has 0 radical (unpaired) electrons. The minimum atomic E-state index is -1.40. The number of unbranched alkanes of at least 4 members (excludes halogenated alkanes) is 17. The fourth-order valence-electron chi connectivity index (χ4n) is 4.21. The Bertz CT molecular complexity index is 558. The lowest BCUT2D eigenvalue weighted by molar-refractivity contribution is 0.0836. The molecule has 0 spiro atoms. The zero-order valence-electron chi connectivity index (χ0n) is 19.5. The van der Waals surface area contributed by atoms with Gasteiger partial charge in [-0.3, -0.25) is 4.79 Å². The number of carbonyl (C=O) groups is 1. The molecule has 3 heteroatoms. The highest BCUT2D eigenvalue weighted by Crippen LogP contribution is 2.17. The number of carbonyl (C=O) groups excluding carboxylic acids is 1. The van der Waals surface area contributed by atoms with Gasteiger partial charge in [0.25, 0.3) is 0 Å². The third kappa shape index (κ3) is 14.6. The maximum atomic E-state index is 12.9. The van der Waals surface area contributed by atoms with Crippen LogP contribution in [-0.4, -0.2) is 6.04 Å². The first-order chi connectivity index (χ1) is 14.6. The van der Waals surface area contributed by atoms with Gasteiger partial charge < -0.3 is 5.73 Å². The second-order valence-corrected chi connectivity index (χ2v) is 9.00. The molecular weight excluding hydrogens is 373 g/mol. The van der Waals surface area contributed by atoms with Crippen LogP contribution in [0, 0.1) is 0 Å². The van der Waals surface area contributed by atoms with Crippen LogP contribution in [0.25, 0.3) is 0 Å². The Kier molecular flexibility index (Phi) is 16.3. The molecule has 0 fully saturated rings. The van der Waals surface area contributed by atoms with Crippen LogP contribution in [-0.2, 0) is 6.42 Å². The lowest BCUT2D eigenvalue weighted by Crippen LogP contribution is -1.97. The molecule has 2 nitrogen and oxygen atoms in total. The van der Waals surface area contributed by atoms with Gasteiger partial charge in [0.05, 0.1) is 5.56 Å². The van der Waals surface area contributed by atoms with Gasteiger partial charge >= 0.3 is 6.04 Å². The fourth-order valence-corrected chi connectivity index (χ4v) is 4.21. The molecule has 2 N–H and O–H groups in total. The van der Waals surface area contributed by atoms with Crippen LogP contribution >= 0.6 is 0 Å². The number of benzene rings is 1. The number of rotatable bonds is 20. The lowest BCUT2D eigenvalue weighted by atomic mass is 10.0. The Balaban J connectivity index is 1.84. The molecule has 30 heavy (non-hydrogen) atoms. The summed E-state index contributed by atoms with van der Waals surface area (Å²) < 4.78 is 12.9. The van der Waals surface area contributed by atoms with E-state index in [2.05, 4.69) is 6.92 Å². The van der Waals surface area contributed by atoms with E-state index in [-0.39, 0.29) is 5.56 Å². The van der Waals surface area contributed by atoms with Crippen molar-refractivity contribution in [3.63, 3.8) is 0 Å². The van der Waals surface area contributed by atoms with Crippen molar-refractivity contribution in [3.05, 3.63) is 29.3 Å². The molecule has 0 unspecified atom stereocenters. The van der Waals surface area contributed by atoms with Gasteiger partial charge in [0.2, 0.25) is 0 Å². The minimum Gasteiger partial charge on any atom is -0.399 e. The molecular formula is C27H46FNO. The molecule has 1 rings (SSSR count). The molecule has 1 aromatic carbocycles. The van der Waals surface area contributed by atoms with E-state index < -0.39 is 6.04 Å². The van der Waals surface area contributed by atoms with Crippen LogP contribution in [0.3, 0.4) is 0 Å². The quantitative estimate of drug-likeness (QED) is 0.130. The van der Waals surface area contributed by atoms with E-state index in [4.69, 9.17) is 5.73 Å². The van der Waals surface area contributed by atoms with E-state index in [0.29, 0.717) is 5.69 Å². The Morgan fingerprint density at radius 1 is 0.667 bits per heavy atom. The zero-order valence-corrected chi connectivity index (χ0v) is 19.5. The monoisotopic (exact) mass is 419 g/mol. The summed E-state index contributed by atoms with van der Waals surface area (Å²) in [7, 11) is 0. The number of hydrogen-bond donors (Lipinski definition) is 1. The van der Waals surface area contributed by atoms with E-state index in [9.17, 15) is 9.18 Å². The van der Waals surface area contributed by atoms with Gasteiger partial charge in [0.15, 0.2) is 0 Å². The first-order valence-electron chi connectivity index (χ1n) is 12.7. The third-order valence-corrected chi connectivity index (χ3v) is 6.06. The summed E-state index contributed by atoms with van der Waals surface area (Å²) in [5.74, 6) is 0. The number of nitrogens with two attached hydrogens (primary N) is 1. The van der Waals surface area contributed by atoms with Crippen LogP contribution < -0.4 is 5.73 Å². The standard InChI is InChI=1S/C27H46FNO/c1-2-3-4-5-6-7-8-9-10-11-12-13-14-15-16-17-18-19-20-24-21-25(27(28)30)23-26(29)22-24/h21-23H,2-20,29H2,1H3. The van der Waals surface area contributed by atoms with Gasteiger partial charge in [-0.05, 0) is 36.6 Å². The highest BCUT2D eigenvalue weighted by atomic mass is 19.1. The number of hydrogen-bond acceptors (Lipinski definition) is 2. The summed E-state index contributed by atoms with van der Waals surface area (Å²) in [6.07, 6.45) is 25.4. The normalized spacial score (nSPS) is 11.1. The molecule has 0 saturated heterocycles. The van der Waals surface area contributed by atoms with Crippen LogP contribution in [0.1, 0.15) is 138 Å². The molecule has 1 aromatic rings.